The number of rotatable bonds is 4. The number of urea groups is 1. The summed E-state index contributed by atoms with van der Waals surface area (Å²) in [6.45, 7) is 3.53. The fourth-order valence-electron chi connectivity index (χ4n) is 2.02. The van der Waals surface area contributed by atoms with Gasteiger partial charge in [-0.2, -0.15) is 13.2 Å². The van der Waals surface area contributed by atoms with Gasteiger partial charge in [-0.15, -0.1) is 11.3 Å². The van der Waals surface area contributed by atoms with Gasteiger partial charge >= 0.3 is 18.2 Å². The molecule has 1 fully saturated rings. The summed E-state index contributed by atoms with van der Waals surface area (Å²) in [5.41, 5.74) is 0.864. The lowest BCUT2D eigenvalue weighted by Gasteiger charge is -2.09. The predicted molar refractivity (Wildman–Crippen MR) is 75.1 cm³/mol. The zero-order valence-electron chi connectivity index (χ0n) is 11.9. The number of carbonyl (C=O) groups is 2. The Balaban J connectivity index is 1.97. The quantitative estimate of drug-likeness (QED) is 0.829. The molecule has 122 valence electrons. The van der Waals surface area contributed by atoms with Crippen molar-refractivity contribution in [3.8, 4) is 0 Å². The van der Waals surface area contributed by atoms with E-state index in [1.54, 1.807) is 19.2 Å². The van der Waals surface area contributed by atoms with Gasteiger partial charge in [0, 0.05) is 6.04 Å². The van der Waals surface area contributed by atoms with Crippen LogP contribution in [0.4, 0.5) is 23.0 Å². The van der Waals surface area contributed by atoms with Crippen molar-refractivity contribution in [3.05, 3.63) is 16.5 Å². The van der Waals surface area contributed by atoms with Crippen LogP contribution in [0.25, 0.3) is 0 Å². The van der Waals surface area contributed by atoms with E-state index >= 15 is 0 Å². The van der Waals surface area contributed by atoms with Crippen LogP contribution in [0.3, 0.4) is 0 Å². The minimum absolute atomic E-state index is 0.120. The maximum absolute atomic E-state index is 12.4. The molecule has 5 nitrogen and oxygen atoms in total. The maximum atomic E-state index is 12.4. The van der Waals surface area contributed by atoms with Gasteiger partial charge in [-0.3, -0.25) is 5.32 Å². The Hall–Kier alpha value is -1.77. The highest BCUT2D eigenvalue weighted by Gasteiger charge is 2.56. The summed E-state index contributed by atoms with van der Waals surface area (Å²) in [4.78, 5) is 23.6. The number of amides is 2. The van der Waals surface area contributed by atoms with E-state index in [0.717, 1.165) is 11.3 Å². The molecule has 0 spiro atoms. The topological polar surface area (TPSA) is 67.4 Å². The summed E-state index contributed by atoms with van der Waals surface area (Å²) in [5, 5.41) is 6.59. The first-order valence-electron chi connectivity index (χ1n) is 6.63. The largest absolute Gasteiger partial charge is 0.462 e. The summed E-state index contributed by atoms with van der Waals surface area (Å²) in [5.74, 6) is -2.07. The number of ether oxygens (including phenoxy) is 1. The fraction of sp³-hybridized carbons (Fsp3) is 0.538. The molecule has 0 aromatic carbocycles. The lowest BCUT2D eigenvalue weighted by Crippen LogP contribution is -2.33. The Morgan fingerprint density at radius 1 is 1.45 bits per heavy atom. The second kappa shape index (κ2) is 6.15. The molecule has 1 aromatic rings. The van der Waals surface area contributed by atoms with E-state index in [1.165, 1.54) is 0 Å². The molecule has 1 saturated carbocycles. The minimum atomic E-state index is -4.30. The minimum Gasteiger partial charge on any atom is -0.462 e. The molecule has 0 radical (unpaired) electrons. The first kappa shape index (κ1) is 16.6. The third kappa shape index (κ3) is 3.70. The van der Waals surface area contributed by atoms with Crippen LogP contribution in [0, 0.1) is 12.8 Å². The number of hydrogen-bond donors (Lipinski definition) is 2. The molecule has 0 saturated heterocycles. The van der Waals surface area contributed by atoms with Gasteiger partial charge in [-0.05, 0) is 31.2 Å². The molecule has 0 bridgehead atoms. The number of nitrogens with one attached hydrogen (secondary N) is 2. The van der Waals surface area contributed by atoms with Crippen LogP contribution in [-0.2, 0) is 4.74 Å². The summed E-state index contributed by atoms with van der Waals surface area (Å²) in [6.07, 6.45) is -4.42. The molecule has 1 aromatic heterocycles. The van der Waals surface area contributed by atoms with Crippen LogP contribution >= 0.6 is 11.3 Å². The highest BCUT2D eigenvalue weighted by Crippen LogP contribution is 2.44. The van der Waals surface area contributed by atoms with Crippen molar-refractivity contribution in [2.24, 2.45) is 5.92 Å². The summed E-state index contributed by atoms with van der Waals surface area (Å²) in [7, 11) is 0. The smallest absolute Gasteiger partial charge is 0.393 e. The third-order valence-electron chi connectivity index (χ3n) is 3.21. The van der Waals surface area contributed by atoms with Gasteiger partial charge in [0.25, 0.3) is 0 Å². The molecule has 2 atom stereocenters. The van der Waals surface area contributed by atoms with E-state index < -0.39 is 30.1 Å². The molecule has 2 N–H and O–H groups in total. The van der Waals surface area contributed by atoms with Crippen molar-refractivity contribution in [2.75, 3.05) is 11.9 Å². The van der Waals surface area contributed by atoms with Crippen molar-refractivity contribution in [1.82, 2.24) is 5.32 Å². The van der Waals surface area contributed by atoms with Crippen LogP contribution in [0.1, 0.15) is 29.3 Å². The number of esters is 1. The SMILES string of the molecule is CCOC(=O)c1c(C)csc1NC(=O)NC1CC1C(F)(F)F. The number of halogens is 3. The number of carbonyl (C=O) groups excluding carboxylic acids is 2. The van der Waals surface area contributed by atoms with E-state index in [9.17, 15) is 22.8 Å². The van der Waals surface area contributed by atoms with Crippen molar-refractivity contribution in [3.63, 3.8) is 0 Å². The molecular weight excluding hydrogens is 321 g/mol. The summed E-state index contributed by atoms with van der Waals surface area (Å²) >= 11 is 1.12. The van der Waals surface area contributed by atoms with Crippen molar-refractivity contribution >= 4 is 28.3 Å². The second-order valence-corrected chi connectivity index (χ2v) is 5.81. The lowest BCUT2D eigenvalue weighted by molar-refractivity contribution is -0.148. The molecule has 1 aliphatic carbocycles. The molecular formula is C13H15F3N2O3S. The highest BCUT2D eigenvalue weighted by atomic mass is 32.1. The van der Waals surface area contributed by atoms with Gasteiger partial charge in [0.1, 0.15) is 5.00 Å². The molecule has 1 aliphatic rings. The van der Waals surface area contributed by atoms with E-state index in [0.29, 0.717) is 5.56 Å². The van der Waals surface area contributed by atoms with E-state index in [-0.39, 0.29) is 23.6 Å². The van der Waals surface area contributed by atoms with Gasteiger partial charge in [-0.1, -0.05) is 0 Å². The number of alkyl halides is 3. The summed E-state index contributed by atoms with van der Waals surface area (Å²) in [6, 6.07) is -1.67. The van der Waals surface area contributed by atoms with E-state index in [1.807, 2.05) is 0 Å². The molecule has 9 heteroatoms. The van der Waals surface area contributed by atoms with Gasteiger partial charge < -0.3 is 10.1 Å². The molecule has 22 heavy (non-hydrogen) atoms. The van der Waals surface area contributed by atoms with Crippen molar-refractivity contribution in [1.29, 1.82) is 0 Å². The van der Waals surface area contributed by atoms with E-state index in [4.69, 9.17) is 4.74 Å². The normalized spacial score (nSPS) is 20.4. The Labute approximate surface area is 128 Å². The fourth-order valence-corrected chi connectivity index (χ4v) is 2.94. The Morgan fingerprint density at radius 3 is 2.68 bits per heavy atom. The zero-order valence-corrected chi connectivity index (χ0v) is 12.7. The first-order chi connectivity index (χ1) is 10.2. The number of aryl methyl sites for hydroxylation is 1. The molecule has 0 aliphatic heterocycles. The van der Waals surface area contributed by atoms with Gasteiger partial charge in [0.15, 0.2) is 0 Å². The van der Waals surface area contributed by atoms with Crippen LogP contribution < -0.4 is 10.6 Å². The average molecular weight is 336 g/mol. The standard InChI is InChI=1S/C13H15F3N2O3S/c1-3-21-11(19)9-6(2)5-22-10(9)18-12(20)17-8-4-7(8)13(14,15)16/h5,7-8H,3-4H2,1-2H3,(H2,17,18,20). The van der Waals surface area contributed by atoms with Crippen LogP contribution in [0.15, 0.2) is 5.38 Å². The van der Waals surface area contributed by atoms with Gasteiger partial charge in [-0.25, -0.2) is 9.59 Å². The Kier molecular flexibility index (Phi) is 4.64. The van der Waals surface area contributed by atoms with Crippen LogP contribution in [-0.4, -0.2) is 30.8 Å². The van der Waals surface area contributed by atoms with E-state index in [2.05, 4.69) is 10.6 Å². The summed E-state index contributed by atoms with van der Waals surface area (Å²) < 4.78 is 42.1. The number of thiophene rings is 1. The third-order valence-corrected chi connectivity index (χ3v) is 4.22. The Morgan fingerprint density at radius 2 is 2.14 bits per heavy atom. The molecule has 1 heterocycles. The van der Waals surface area contributed by atoms with Crippen molar-refractivity contribution < 1.29 is 27.5 Å². The zero-order chi connectivity index (χ0) is 16.5. The second-order valence-electron chi connectivity index (χ2n) is 4.93. The van der Waals surface area contributed by atoms with Crippen molar-refractivity contribution in [2.45, 2.75) is 32.5 Å². The lowest BCUT2D eigenvalue weighted by atomic mass is 10.2. The maximum Gasteiger partial charge on any atom is 0.393 e. The van der Waals surface area contributed by atoms with Crippen LogP contribution in [0.5, 0.6) is 0 Å². The molecule has 2 rings (SSSR count). The number of hydrogen-bond acceptors (Lipinski definition) is 4. The number of anilines is 1. The van der Waals surface area contributed by atoms with Crippen LogP contribution in [0.2, 0.25) is 0 Å². The molecule has 2 unspecified atom stereocenters. The highest BCUT2D eigenvalue weighted by molar-refractivity contribution is 7.15. The Bertz CT molecular complexity index is 586. The molecule has 2 amide bonds. The monoisotopic (exact) mass is 336 g/mol. The average Bonchev–Trinajstić information content (AvgIpc) is 3.07. The predicted octanol–water partition coefficient (Wildman–Crippen LogP) is 3.31. The van der Waals surface area contributed by atoms with Gasteiger partial charge in [0.2, 0.25) is 0 Å². The van der Waals surface area contributed by atoms with Gasteiger partial charge in [0.05, 0.1) is 18.1 Å². The first-order valence-corrected chi connectivity index (χ1v) is 7.51.